The Morgan fingerprint density at radius 1 is 1.19 bits per heavy atom. The number of rotatable bonds is 7. The van der Waals surface area contributed by atoms with Gasteiger partial charge in [-0.1, -0.05) is 11.2 Å². The quantitative estimate of drug-likeness (QED) is 0.456. The van der Waals surface area contributed by atoms with Crippen molar-refractivity contribution in [2.24, 2.45) is 0 Å². The lowest BCUT2D eigenvalue weighted by atomic mass is 9.99. The number of benzene rings is 2. The van der Waals surface area contributed by atoms with Crippen LogP contribution in [0.3, 0.4) is 0 Å². The molecule has 2 fully saturated rings. The van der Waals surface area contributed by atoms with E-state index >= 15 is 8.78 Å². The number of ether oxygens (including phenoxy) is 1. The summed E-state index contributed by atoms with van der Waals surface area (Å²) in [6.45, 7) is 2.15. The van der Waals surface area contributed by atoms with Gasteiger partial charge in [0.15, 0.2) is 11.4 Å². The van der Waals surface area contributed by atoms with E-state index in [1.54, 1.807) is 6.92 Å². The van der Waals surface area contributed by atoms with Gasteiger partial charge in [-0.3, -0.25) is 4.90 Å². The van der Waals surface area contributed by atoms with Gasteiger partial charge in [0.2, 0.25) is 10.0 Å². The van der Waals surface area contributed by atoms with Gasteiger partial charge in [-0.2, -0.15) is 0 Å². The summed E-state index contributed by atoms with van der Waals surface area (Å²) in [6, 6.07) is 1.76. The average molecular weight is 543 g/mol. The number of nitrogens with one attached hydrogen (secondary N) is 1. The first-order valence-corrected chi connectivity index (χ1v) is 13.1. The van der Waals surface area contributed by atoms with Crippen LogP contribution in [-0.2, 0) is 10.0 Å². The molecule has 0 aliphatic carbocycles. The number of anilines is 1. The number of carbonyl (C=O) groups excluding carboxylic acids is 1. The zero-order valence-electron chi connectivity index (χ0n) is 19.7. The van der Waals surface area contributed by atoms with Gasteiger partial charge < -0.3 is 14.2 Å². The molecule has 37 heavy (non-hydrogen) atoms. The van der Waals surface area contributed by atoms with E-state index in [1.165, 1.54) is 25.1 Å². The molecule has 14 heteroatoms. The molecule has 198 valence electrons. The summed E-state index contributed by atoms with van der Waals surface area (Å²) in [5.74, 6) is -5.75. The molecule has 1 N–H and O–H groups in total. The Morgan fingerprint density at radius 2 is 1.89 bits per heavy atom. The third-order valence-corrected chi connectivity index (χ3v) is 7.93. The summed E-state index contributed by atoms with van der Waals surface area (Å²) in [7, 11) is -3.95. The molecule has 0 saturated carbocycles. The maximum Gasteiger partial charge on any atom is 0.326 e. The van der Waals surface area contributed by atoms with Crippen LogP contribution in [0.25, 0.3) is 22.1 Å². The number of alkyl halides is 2. The van der Waals surface area contributed by atoms with Crippen molar-refractivity contribution in [3.63, 3.8) is 0 Å². The second-order valence-corrected chi connectivity index (χ2v) is 10.7. The standard InChI is InChI=1S/C23H22F4N4O5S/c1-3-35-12-8-13(19-14(24)6-5-7-15(19)25)20-16(9-12)36-28-21(20)31-11-18-23(26,27)17(10-30(18)22(31)32)29-37(33,34)4-2/h5-9,17-18,29H,3-4,10-11H2,1-2H3/t17-,18-/m1/s1. The highest BCUT2D eigenvalue weighted by Gasteiger charge is 2.63. The van der Waals surface area contributed by atoms with E-state index in [9.17, 15) is 22.0 Å². The Morgan fingerprint density at radius 3 is 2.51 bits per heavy atom. The molecule has 2 saturated heterocycles. The zero-order valence-corrected chi connectivity index (χ0v) is 20.5. The molecule has 3 heterocycles. The second kappa shape index (κ2) is 8.87. The van der Waals surface area contributed by atoms with Crippen molar-refractivity contribution in [1.29, 1.82) is 0 Å². The van der Waals surface area contributed by atoms with E-state index in [4.69, 9.17) is 9.26 Å². The fourth-order valence-electron chi connectivity index (χ4n) is 4.73. The van der Waals surface area contributed by atoms with Gasteiger partial charge in [0.05, 0.1) is 29.9 Å². The number of halogens is 4. The van der Waals surface area contributed by atoms with Crippen LogP contribution in [0.1, 0.15) is 13.8 Å². The van der Waals surface area contributed by atoms with Crippen molar-refractivity contribution in [2.45, 2.75) is 31.9 Å². The van der Waals surface area contributed by atoms with Gasteiger partial charge in [0.1, 0.15) is 29.5 Å². The van der Waals surface area contributed by atoms with Gasteiger partial charge >= 0.3 is 6.03 Å². The largest absolute Gasteiger partial charge is 0.494 e. The smallest absolute Gasteiger partial charge is 0.326 e. The molecule has 2 amide bonds. The van der Waals surface area contributed by atoms with Crippen LogP contribution < -0.4 is 14.4 Å². The third kappa shape index (κ3) is 4.07. The van der Waals surface area contributed by atoms with E-state index in [0.717, 1.165) is 21.9 Å². The van der Waals surface area contributed by atoms with Gasteiger partial charge in [-0.25, -0.2) is 35.5 Å². The predicted octanol–water partition coefficient (Wildman–Crippen LogP) is 3.74. The van der Waals surface area contributed by atoms with E-state index < -0.39 is 70.1 Å². The molecule has 5 rings (SSSR count). The Balaban J connectivity index is 1.58. The lowest BCUT2D eigenvalue weighted by Crippen LogP contribution is -2.51. The van der Waals surface area contributed by atoms with E-state index in [2.05, 4.69) is 5.16 Å². The Labute approximate surface area is 209 Å². The normalized spacial score (nSPS) is 21.2. The molecule has 0 unspecified atom stereocenters. The predicted molar refractivity (Wildman–Crippen MR) is 125 cm³/mol. The van der Waals surface area contributed by atoms with E-state index in [-0.39, 0.29) is 34.7 Å². The van der Waals surface area contributed by atoms with Crippen LogP contribution in [0.5, 0.6) is 5.75 Å². The highest BCUT2D eigenvalue weighted by molar-refractivity contribution is 7.89. The minimum atomic E-state index is -3.95. The molecule has 9 nitrogen and oxygen atoms in total. The minimum Gasteiger partial charge on any atom is -0.494 e. The molecule has 2 aliphatic rings. The summed E-state index contributed by atoms with van der Waals surface area (Å²) in [5, 5.41) is 3.92. The second-order valence-electron chi connectivity index (χ2n) is 8.69. The molecule has 3 aromatic rings. The fraction of sp³-hybridized carbons (Fsp3) is 0.391. The van der Waals surface area contributed by atoms with Crippen LogP contribution in [0.15, 0.2) is 34.9 Å². The fourth-order valence-corrected chi connectivity index (χ4v) is 5.57. The zero-order chi connectivity index (χ0) is 26.7. The number of urea groups is 1. The molecule has 0 radical (unpaired) electrons. The summed E-state index contributed by atoms with van der Waals surface area (Å²) in [6.07, 6.45) is 0. The monoisotopic (exact) mass is 542 g/mol. The van der Waals surface area contributed by atoms with Crippen LogP contribution in [0, 0.1) is 11.6 Å². The molecule has 2 aliphatic heterocycles. The van der Waals surface area contributed by atoms with Gasteiger partial charge in [0.25, 0.3) is 5.92 Å². The van der Waals surface area contributed by atoms with Crippen molar-refractivity contribution < 1.29 is 40.0 Å². The summed E-state index contributed by atoms with van der Waals surface area (Å²) >= 11 is 0. The first kappa shape index (κ1) is 25.3. The van der Waals surface area contributed by atoms with Crippen LogP contribution in [-0.4, -0.2) is 68.0 Å². The third-order valence-electron chi connectivity index (χ3n) is 6.53. The molecular formula is C23H22F4N4O5S. The van der Waals surface area contributed by atoms with Crippen LogP contribution >= 0.6 is 0 Å². The minimum absolute atomic E-state index is 0.0267. The number of nitrogens with zero attached hydrogens (tertiary/aromatic N) is 3. The summed E-state index contributed by atoms with van der Waals surface area (Å²) in [5.41, 5.74) is -0.433. The van der Waals surface area contributed by atoms with Crippen LogP contribution in [0.4, 0.5) is 28.2 Å². The summed E-state index contributed by atoms with van der Waals surface area (Å²) in [4.78, 5) is 15.0. The van der Waals surface area contributed by atoms with Crippen LogP contribution in [0.2, 0.25) is 0 Å². The number of amides is 2. The summed E-state index contributed by atoms with van der Waals surface area (Å²) < 4.78 is 96.6. The van der Waals surface area contributed by atoms with E-state index in [0.29, 0.717) is 0 Å². The van der Waals surface area contributed by atoms with Crippen molar-refractivity contribution in [3.8, 4) is 16.9 Å². The highest BCUT2D eigenvalue weighted by Crippen LogP contribution is 2.45. The first-order valence-electron chi connectivity index (χ1n) is 11.4. The van der Waals surface area contributed by atoms with Gasteiger partial charge in [-0.05, 0) is 32.0 Å². The van der Waals surface area contributed by atoms with Crippen molar-refractivity contribution in [2.75, 3.05) is 30.3 Å². The Hall–Kier alpha value is -3.39. The maximum atomic E-state index is 15.2. The number of carbonyl (C=O) groups is 1. The van der Waals surface area contributed by atoms with Crippen molar-refractivity contribution in [1.82, 2.24) is 14.8 Å². The molecule has 1 aromatic heterocycles. The first-order chi connectivity index (χ1) is 17.5. The molecule has 0 spiro atoms. The highest BCUT2D eigenvalue weighted by atomic mass is 32.2. The molecule has 2 atom stereocenters. The lowest BCUT2D eigenvalue weighted by Gasteiger charge is -2.23. The maximum absolute atomic E-state index is 15.2. The molecule has 2 aromatic carbocycles. The average Bonchev–Trinajstić information content (AvgIpc) is 3.46. The number of fused-ring (bicyclic) bond motifs is 2. The lowest BCUT2D eigenvalue weighted by molar-refractivity contribution is -0.0324. The molecular weight excluding hydrogens is 520 g/mol. The topological polar surface area (TPSA) is 105 Å². The Kier molecular flexibility index (Phi) is 6.06. The van der Waals surface area contributed by atoms with Crippen molar-refractivity contribution in [3.05, 3.63) is 42.0 Å². The number of aromatic nitrogens is 1. The van der Waals surface area contributed by atoms with Crippen molar-refractivity contribution >= 4 is 32.8 Å². The van der Waals surface area contributed by atoms with Gasteiger partial charge in [0, 0.05) is 18.2 Å². The number of hydrogen-bond acceptors (Lipinski definition) is 6. The SMILES string of the molecule is CCOc1cc(-c2c(F)cccc2F)c2c(N3C[C@H]4N(C[C@@H](NS(=O)(=O)CC)C4(F)F)C3=O)noc2c1. The number of sulfonamides is 1. The number of hydrogen-bond donors (Lipinski definition) is 1. The van der Waals surface area contributed by atoms with E-state index in [1.807, 2.05) is 4.72 Å². The van der Waals surface area contributed by atoms with Gasteiger partial charge in [-0.15, -0.1) is 0 Å². The Bertz CT molecular complexity index is 1480. The molecule has 0 bridgehead atoms.